The van der Waals surface area contributed by atoms with Gasteiger partial charge in [0.1, 0.15) is 0 Å². The van der Waals surface area contributed by atoms with Crippen LogP contribution in [0.15, 0.2) is 47.4 Å². The fraction of sp³-hybridized carbons (Fsp3) is 0.389. The summed E-state index contributed by atoms with van der Waals surface area (Å²) in [7, 11) is 0.321. The minimum absolute atomic E-state index is 0.321. The second-order valence-corrected chi connectivity index (χ2v) is 7.52. The lowest BCUT2D eigenvalue weighted by Crippen LogP contribution is -2.18. The Morgan fingerprint density at radius 3 is 2.57 bits per heavy atom. The first kappa shape index (κ1) is 14.8. The van der Waals surface area contributed by atoms with Crippen molar-refractivity contribution in [1.29, 1.82) is 0 Å². The van der Waals surface area contributed by atoms with E-state index in [-0.39, 0.29) is 0 Å². The molecule has 3 aliphatic rings. The van der Waals surface area contributed by atoms with Crippen LogP contribution >= 0.6 is 10.5 Å². The zero-order valence-corrected chi connectivity index (χ0v) is 13.3. The lowest BCUT2D eigenvalue weighted by Gasteiger charge is -2.13. The lowest BCUT2D eigenvalue weighted by molar-refractivity contribution is 0.649. The van der Waals surface area contributed by atoms with Gasteiger partial charge in [0.05, 0.1) is 0 Å². The second-order valence-electron chi connectivity index (χ2n) is 5.63. The molecule has 4 bridgehead atoms. The van der Waals surface area contributed by atoms with E-state index in [9.17, 15) is 0 Å². The molecular weight excluding hydrogens is 276 g/mol. The Bertz CT molecular complexity index is 572. The first-order chi connectivity index (χ1) is 10.4. The van der Waals surface area contributed by atoms with Gasteiger partial charge in [0.15, 0.2) is 0 Å². The highest BCUT2D eigenvalue weighted by Crippen LogP contribution is 2.21. The summed E-state index contributed by atoms with van der Waals surface area (Å²) in [4.78, 5) is 0. The average molecular weight is 300 g/mol. The monoisotopic (exact) mass is 300 g/mol. The van der Waals surface area contributed by atoms with Gasteiger partial charge in [-0.25, -0.2) is 0 Å². The van der Waals surface area contributed by atoms with Crippen molar-refractivity contribution in [1.82, 2.24) is 10.6 Å². The molecule has 2 N–H and O–H groups in total. The average Bonchev–Trinajstić information content (AvgIpc) is 2.52. The third-order valence-electron chi connectivity index (χ3n) is 3.90. The van der Waals surface area contributed by atoms with Gasteiger partial charge in [-0.1, -0.05) is 36.4 Å². The van der Waals surface area contributed by atoms with E-state index in [1.54, 1.807) is 0 Å². The molecule has 3 aliphatic heterocycles. The van der Waals surface area contributed by atoms with Crippen LogP contribution in [0.3, 0.4) is 0 Å². The molecule has 21 heavy (non-hydrogen) atoms. The summed E-state index contributed by atoms with van der Waals surface area (Å²) in [5, 5.41) is 11.9. The van der Waals surface area contributed by atoms with Crippen molar-refractivity contribution in [3.8, 4) is 0 Å². The molecule has 1 aromatic carbocycles. The Morgan fingerprint density at radius 1 is 1.00 bits per heavy atom. The molecule has 3 heteroatoms. The summed E-state index contributed by atoms with van der Waals surface area (Å²) < 4.78 is 0. The quantitative estimate of drug-likeness (QED) is 0.719. The molecule has 0 spiro atoms. The molecule has 0 aromatic heterocycles. The van der Waals surface area contributed by atoms with Crippen LogP contribution in [0.1, 0.15) is 24.0 Å². The van der Waals surface area contributed by atoms with Crippen LogP contribution in [0.5, 0.6) is 0 Å². The van der Waals surface area contributed by atoms with Gasteiger partial charge >= 0.3 is 0 Å². The number of nitrogens with one attached hydrogen (secondary N) is 2. The van der Waals surface area contributed by atoms with E-state index in [1.165, 1.54) is 35.3 Å². The van der Waals surface area contributed by atoms with Crippen molar-refractivity contribution >= 4 is 15.9 Å². The van der Waals surface area contributed by atoms with Gasteiger partial charge in [-0.2, -0.15) is 10.5 Å². The van der Waals surface area contributed by atoms with E-state index in [0.717, 1.165) is 26.2 Å². The van der Waals surface area contributed by atoms with Crippen LogP contribution in [0.4, 0.5) is 0 Å². The van der Waals surface area contributed by atoms with Crippen LogP contribution in [0.2, 0.25) is 0 Å². The smallest absolute Gasteiger partial charge is 0.0205 e. The fourth-order valence-electron chi connectivity index (χ4n) is 2.68. The molecular formula is C18H24N2S. The van der Waals surface area contributed by atoms with E-state index in [2.05, 4.69) is 57.8 Å². The van der Waals surface area contributed by atoms with Gasteiger partial charge in [0, 0.05) is 25.4 Å². The molecule has 1 unspecified atom stereocenters. The van der Waals surface area contributed by atoms with Crippen LogP contribution in [0, 0.1) is 0 Å². The third kappa shape index (κ3) is 4.67. The van der Waals surface area contributed by atoms with E-state index < -0.39 is 0 Å². The van der Waals surface area contributed by atoms with Gasteiger partial charge in [-0.3, -0.25) is 0 Å². The summed E-state index contributed by atoms with van der Waals surface area (Å²) in [6, 6.07) is 8.91. The normalized spacial score (nSPS) is 23.4. The van der Waals surface area contributed by atoms with Crippen molar-refractivity contribution in [2.75, 3.05) is 18.8 Å². The molecule has 112 valence electrons. The van der Waals surface area contributed by atoms with Crippen molar-refractivity contribution in [2.24, 2.45) is 0 Å². The van der Waals surface area contributed by atoms with Crippen molar-refractivity contribution in [3.63, 3.8) is 0 Å². The van der Waals surface area contributed by atoms with E-state index in [4.69, 9.17) is 0 Å². The van der Waals surface area contributed by atoms with Crippen molar-refractivity contribution in [3.05, 3.63) is 58.5 Å². The Morgan fingerprint density at radius 2 is 1.81 bits per heavy atom. The van der Waals surface area contributed by atoms with E-state index in [0.29, 0.717) is 10.5 Å². The molecule has 1 aromatic rings. The first-order valence-electron chi connectivity index (χ1n) is 7.80. The minimum atomic E-state index is 0.321. The number of hydrogen-bond acceptors (Lipinski definition) is 2. The zero-order chi connectivity index (χ0) is 14.3. The second kappa shape index (κ2) is 7.74. The Balaban J connectivity index is 1.67. The molecule has 2 nitrogen and oxygen atoms in total. The lowest BCUT2D eigenvalue weighted by atomic mass is 10.1. The maximum Gasteiger partial charge on any atom is 0.0205 e. The topological polar surface area (TPSA) is 24.1 Å². The van der Waals surface area contributed by atoms with Gasteiger partial charge in [-0.15, -0.1) is 0 Å². The molecule has 0 amide bonds. The van der Waals surface area contributed by atoms with Crippen molar-refractivity contribution in [2.45, 2.75) is 25.9 Å². The predicted molar refractivity (Wildman–Crippen MR) is 94.8 cm³/mol. The van der Waals surface area contributed by atoms with Gasteiger partial charge in [-0.05, 0) is 46.9 Å². The molecule has 3 heterocycles. The largest absolute Gasteiger partial charge is 0.313 e. The maximum absolute atomic E-state index is 3.57. The standard InChI is InChI=1S/C18H24N2S/c1-3-17-13-18(4-1)15-20-9-12-21-10-6-16(7-11-21)5-2-8-19-14-17/h1,3-4,6-7,10-11,13,19-20H,2,5,8-9,12,14-15H2. The number of allylic oxidation sites excluding steroid dienone is 3. The Labute approximate surface area is 130 Å². The highest BCUT2D eigenvalue weighted by Gasteiger charge is 2.02. The highest BCUT2D eigenvalue weighted by atomic mass is 32.2. The van der Waals surface area contributed by atoms with Gasteiger partial charge in [0.2, 0.25) is 0 Å². The summed E-state index contributed by atoms with van der Waals surface area (Å²) in [6.45, 7) is 4.10. The van der Waals surface area contributed by atoms with Crippen LogP contribution in [0.25, 0.3) is 0 Å². The van der Waals surface area contributed by atoms with E-state index >= 15 is 0 Å². The number of rotatable bonds is 0. The number of fused-ring (bicyclic) bond motifs is 8. The zero-order valence-electron chi connectivity index (χ0n) is 12.5. The van der Waals surface area contributed by atoms with Gasteiger partial charge in [0.25, 0.3) is 0 Å². The van der Waals surface area contributed by atoms with Crippen LogP contribution < -0.4 is 10.6 Å². The molecule has 0 aliphatic carbocycles. The third-order valence-corrected chi connectivity index (χ3v) is 5.54. The number of benzene rings is 1. The molecule has 4 rings (SSSR count). The van der Waals surface area contributed by atoms with Crippen LogP contribution in [-0.4, -0.2) is 24.2 Å². The summed E-state index contributed by atoms with van der Waals surface area (Å²) >= 11 is 0. The van der Waals surface area contributed by atoms with Crippen LogP contribution in [-0.2, 0) is 13.1 Å². The minimum Gasteiger partial charge on any atom is -0.313 e. The number of hydrogen-bond donors (Lipinski definition) is 2. The molecule has 0 radical (unpaired) electrons. The Kier molecular flexibility index (Phi) is 5.44. The summed E-state index contributed by atoms with van der Waals surface area (Å²) in [5.41, 5.74) is 4.25. The summed E-state index contributed by atoms with van der Waals surface area (Å²) in [6.07, 6.45) is 7.05. The van der Waals surface area contributed by atoms with Crippen molar-refractivity contribution < 1.29 is 0 Å². The molecule has 0 fully saturated rings. The molecule has 0 saturated carbocycles. The SMILES string of the molecule is C1=CS2=CC=C1CCCNCc1cccc(c1)CNCC2. The van der Waals surface area contributed by atoms with E-state index in [1.807, 2.05) is 0 Å². The molecule has 0 saturated heterocycles. The highest BCUT2D eigenvalue weighted by molar-refractivity contribution is 8.17. The maximum atomic E-state index is 3.57. The molecule has 1 atom stereocenters. The predicted octanol–water partition coefficient (Wildman–Crippen LogP) is 3.18. The summed E-state index contributed by atoms with van der Waals surface area (Å²) in [5.74, 6) is 1.21. The first-order valence-corrected chi connectivity index (χ1v) is 9.32. The van der Waals surface area contributed by atoms with Gasteiger partial charge < -0.3 is 10.6 Å². The fourth-order valence-corrected chi connectivity index (χ4v) is 4.12. The Hall–Kier alpha value is -1.16.